The first kappa shape index (κ1) is 18.6. The number of phenols is 1. The third-order valence-corrected chi connectivity index (χ3v) is 5.92. The van der Waals surface area contributed by atoms with Gasteiger partial charge in [-0.1, -0.05) is 29.8 Å². The lowest BCUT2D eigenvalue weighted by Gasteiger charge is -2.24. The van der Waals surface area contributed by atoms with E-state index >= 15 is 0 Å². The summed E-state index contributed by atoms with van der Waals surface area (Å²) in [6.07, 6.45) is 6.01. The molecule has 0 amide bonds. The fraction of sp³-hybridized carbons (Fsp3) is 0.429. The van der Waals surface area contributed by atoms with Gasteiger partial charge in [-0.15, -0.1) is 12.4 Å². The fourth-order valence-corrected chi connectivity index (χ4v) is 4.41. The highest BCUT2D eigenvalue weighted by molar-refractivity contribution is 6.32. The maximum atomic E-state index is 10.1. The van der Waals surface area contributed by atoms with E-state index in [1.807, 2.05) is 12.1 Å². The number of phenolic OH excluding ortho intramolecular Hbond substituents is 1. The number of hydrogen-bond donors (Lipinski definition) is 1. The minimum Gasteiger partial charge on any atom is -0.506 e. The molecule has 0 saturated heterocycles. The Kier molecular flexibility index (Phi) is 5.62. The molecule has 1 atom stereocenters. The molecule has 2 nitrogen and oxygen atoms in total. The van der Waals surface area contributed by atoms with Gasteiger partial charge < -0.3 is 10.0 Å². The summed E-state index contributed by atoms with van der Waals surface area (Å²) in [4.78, 5) is 2.38. The Morgan fingerprint density at radius 1 is 1.00 bits per heavy atom. The Labute approximate surface area is 161 Å². The van der Waals surface area contributed by atoms with Crippen molar-refractivity contribution in [2.45, 2.75) is 38.0 Å². The summed E-state index contributed by atoms with van der Waals surface area (Å²) in [6, 6.07) is 10.9. The second kappa shape index (κ2) is 7.57. The van der Waals surface area contributed by atoms with Crippen LogP contribution >= 0.6 is 24.0 Å². The Morgan fingerprint density at radius 3 is 2.56 bits per heavy atom. The maximum Gasteiger partial charge on any atom is 0.134 e. The summed E-state index contributed by atoms with van der Waals surface area (Å²) in [5.74, 6) is 0.492. The number of aryl methyl sites for hydroxylation is 2. The van der Waals surface area contributed by atoms with Gasteiger partial charge in [0.2, 0.25) is 0 Å². The van der Waals surface area contributed by atoms with Gasteiger partial charge in [-0.2, -0.15) is 0 Å². The number of aromatic hydroxyl groups is 1. The van der Waals surface area contributed by atoms with E-state index in [4.69, 9.17) is 11.6 Å². The Hall–Kier alpha value is -1.22. The largest absolute Gasteiger partial charge is 0.506 e. The zero-order valence-corrected chi connectivity index (χ0v) is 16.2. The van der Waals surface area contributed by atoms with Crippen LogP contribution < -0.4 is 0 Å². The monoisotopic (exact) mass is 377 g/mol. The number of hydrogen-bond acceptors (Lipinski definition) is 2. The van der Waals surface area contributed by atoms with Crippen LogP contribution in [0.4, 0.5) is 0 Å². The van der Waals surface area contributed by atoms with E-state index < -0.39 is 0 Å². The van der Waals surface area contributed by atoms with Gasteiger partial charge in [0.25, 0.3) is 0 Å². The van der Waals surface area contributed by atoms with Crippen molar-refractivity contribution >= 4 is 24.0 Å². The lowest BCUT2D eigenvalue weighted by molar-refractivity contribution is 0.338. The van der Waals surface area contributed by atoms with Gasteiger partial charge >= 0.3 is 0 Å². The zero-order valence-electron chi connectivity index (χ0n) is 14.6. The first-order valence-corrected chi connectivity index (χ1v) is 9.31. The van der Waals surface area contributed by atoms with Crippen molar-refractivity contribution in [3.05, 3.63) is 63.2 Å². The van der Waals surface area contributed by atoms with Crippen molar-refractivity contribution in [1.29, 1.82) is 0 Å². The van der Waals surface area contributed by atoms with Crippen LogP contribution in [0.3, 0.4) is 0 Å². The van der Waals surface area contributed by atoms with Gasteiger partial charge in [0, 0.05) is 19.0 Å². The van der Waals surface area contributed by atoms with E-state index in [0.717, 1.165) is 19.5 Å². The zero-order chi connectivity index (χ0) is 16.7. The molecule has 1 aliphatic carbocycles. The van der Waals surface area contributed by atoms with Crippen molar-refractivity contribution in [3.63, 3.8) is 0 Å². The fourth-order valence-electron chi connectivity index (χ4n) is 4.23. The molecule has 1 unspecified atom stereocenters. The predicted molar refractivity (Wildman–Crippen MR) is 106 cm³/mol. The molecular formula is C21H25Cl2NO. The van der Waals surface area contributed by atoms with Gasteiger partial charge in [-0.3, -0.25) is 0 Å². The summed E-state index contributed by atoms with van der Waals surface area (Å²) < 4.78 is 0. The average molecular weight is 378 g/mol. The van der Waals surface area contributed by atoms with E-state index in [0.29, 0.717) is 10.9 Å². The van der Waals surface area contributed by atoms with Gasteiger partial charge in [0.05, 0.1) is 5.02 Å². The highest BCUT2D eigenvalue weighted by Gasteiger charge is 2.25. The van der Waals surface area contributed by atoms with Gasteiger partial charge in [0.1, 0.15) is 5.75 Å². The minimum absolute atomic E-state index is 0. The van der Waals surface area contributed by atoms with Crippen LogP contribution in [-0.4, -0.2) is 30.1 Å². The molecule has 134 valence electrons. The van der Waals surface area contributed by atoms with Crippen molar-refractivity contribution in [2.24, 2.45) is 0 Å². The Morgan fingerprint density at radius 2 is 1.76 bits per heavy atom. The van der Waals surface area contributed by atoms with E-state index in [-0.39, 0.29) is 18.2 Å². The van der Waals surface area contributed by atoms with Gasteiger partial charge in [-0.25, -0.2) is 0 Å². The molecule has 2 aromatic carbocycles. The van der Waals surface area contributed by atoms with Crippen LogP contribution in [0.5, 0.6) is 5.75 Å². The van der Waals surface area contributed by atoms with Crippen LogP contribution in [0, 0.1) is 0 Å². The first-order valence-electron chi connectivity index (χ1n) is 8.93. The molecule has 0 saturated carbocycles. The molecule has 4 rings (SSSR count). The molecule has 0 bridgehead atoms. The lowest BCUT2D eigenvalue weighted by atomic mass is 9.83. The predicted octanol–water partition coefficient (Wildman–Crippen LogP) is 4.97. The second-order valence-electron chi connectivity index (χ2n) is 7.30. The van der Waals surface area contributed by atoms with Gasteiger partial charge in [-0.05, 0) is 79.1 Å². The summed E-state index contributed by atoms with van der Waals surface area (Å²) in [6.45, 7) is 2.00. The van der Waals surface area contributed by atoms with Crippen molar-refractivity contribution in [2.75, 3.05) is 20.1 Å². The average Bonchev–Trinajstić information content (AvgIpc) is 2.75. The molecule has 1 aliphatic heterocycles. The summed E-state index contributed by atoms with van der Waals surface area (Å²) >= 11 is 6.16. The quantitative estimate of drug-likeness (QED) is 0.758. The molecule has 4 heteroatoms. The second-order valence-corrected chi connectivity index (χ2v) is 7.71. The number of likely N-dealkylation sites (N-methyl/N-ethyl adjacent to an activating group) is 1. The molecule has 0 aromatic heterocycles. The molecular weight excluding hydrogens is 353 g/mol. The summed E-state index contributed by atoms with van der Waals surface area (Å²) in [7, 11) is 2.18. The molecule has 2 aromatic rings. The van der Waals surface area contributed by atoms with Crippen LogP contribution in [0.1, 0.15) is 46.6 Å². The Balaban J connectivity index is 0.00000182. The molecule has 0 radical (unpaired) electrons. The number of rotatable bonds is 1. The summed E-state index contributed by atoms with van der Waals surface area (Å²) in [5.41, 5.74) is 6.91. The highest BCUT2D eigenvalue weighted by atomic mass is 35.5. The molecule has 2 aliphatic rings. The van der Waals surface area contributed by atoms with Crippen LogP contribution in [-0.2, 0) is 19.3 Å². The van der Waals surface area contributed by atoms with Crippen LogP contribution in [0.15, 0.2) is 30.3 Å². The number of fused-ring (bicyclic) bond motifs is 2. The minimum atomic E-state index is 0. The van der Waals surface area contributed by atoms with Crippen molar-refractivity contribution < 1.29 is 5.11 Å². The smallest absolute Gasteiger partial charge is 0.134 e. The molecule has 25 heavy (non-hydrogen) atoms. The first-order chi connectivity index (χ1) is 11.6. The van der Waals surface area contributed by atoms with Crippen LogP contribution in [0.25, 0.3) is 0 Å². The number of nitrogens with zero attached hydrogens (tertiary/aromatic N) is 1. The standard InChI is InChI=1S/C21H24ClNO.ClH/c1-23-9-8-17-11-20(22)21(24)12-18(17)19(13-23)16-7-6-14-4-2-3-5-15(14)10-16;/h6-7,10-12,19,24H,2-5,8-9,13H2,1H3;1H. The van der Waals surface area contributed by atoms with Crippen molar-refractivity contribution in [1.82, 2.24) is 4.90 Å². The Bertz CT molecular complexity index is 775. The van der Waals surface area contributed by atoms with Crippen LogP contribution in [0.2, 0.25) is 5.02 Å². The number of halogens is 2. The molecule has 0 spiro atoms. The number of benzene rings is 2. The third-order valence-electron chi connectivity index (χ3n) is 5.62. The topological polar surface area (TPSA) is 23.5 Å². The van der Waals surface area contributed by atoms with E-state index in [1.165, 1.54) is 53.5 Å². The van der Waals surface area contributed by atoms with Gasteiger partial charge in [0.15, 0.2) is 0 Å². The molecule has 0 fully saturated rings. The lowest BCUT2D eigenvalue weighted by Crippen LogP contribution is -2.24. The summed E-state index contributed by atoms with van der Waals surface area (Å²) in [5, 5.41) is 10.6. The highest BCUT2D eigenvalue weighted by Crippen LogP contribution is 2.37. The molecule has 1 heterocycles. The van der Waals surface area contributed by atoms with E-state index in [9.17, 15) is 5.11 Å². The molecule has 1 N–H and O–H groups in total. The maximum absolute atomic E-state index is 10.1. The normalized spacial score (nSPS) is 20.2. The SMILES string of the molecule is CN1CCc2cc(Cl)c(O)cc2C(c2ccc3c(c2)CCCC3)C1.Cl. The van der Waals surface area contributed by atoms with E-state index in [1.54, 1.807) is 0 Å². The van der Waals surface area contributed by atoms with Crippen molar-refractivity contribution in [3.8, 4) is 5.75 Å². The van der Waals surface area contributed by atoms with E-state index in [2.05, 4.69) is 30.1 Å². The third kappa shape index (κ3) is 3.67.